The molecule has 1 fully saturated rings. The van der Waals surface area contributed by atoms with Crippen LogP contribution in [-0.4, -0.2) is 42.9 Å². The predicted octanol–water partition coefficient (Wildman–Crippen LogP) is 0.798. The van der Waals surface area contributed by atoms with E-state index in [1.165, 1.54) is 32.1 Å². The monoisotopic (exact) mass is 272 g/mol. The molecule has 5 nitrogen and oxygen atoms in total. The van der Waals surface area contributed by atoms with E-state index < -0.39 is 0 Å². The summed E-state index contributed by atoms with van der Waals surface area (Å²) in [6.45, 7) is 2.46. The maximum Gasteiger partial charge on any atom is 0.217 e. The molecule has 2 atom stereocenters. The molecular weight excluding hydrogens is 244 g/mol. The summed E-state index contributed by atoms with van der Waals surface area (Å²) in [5.41, 5.74) is 5.57. The Labute approximate surface area is 115 Å². The number of aliphatic hydroxyl groups is 1. The zero-order valence-electron chi connectivity index (χ0n) is 11.9. The third-order valence-corrected chi connectivity index (χ3v) is 3.75. The largest absolute Gasteiger partial charge is 0.395 e. The molecule has 0 saturated heterocycles. The lowest BCUT2D eigenvalue weighted by atomic mass is 9.83. The van der Waals surface area contributed by atoms with E-state index in [2.05, 4.69) is 5.32 Å². The number of nitrogens with two attached hydrogens (primary N) is 1. The Balaban J connectivity index is 2.30. The second-order valence-corrected chi connectivity index (χ2v) is 5.51. The van der Waals surface area contributed by atoms with E-state index in [4.69, 9.17) is 15.6 Å². The number of nitrogens with one attached hydrogen (secondary N) is 1. The first kappa shape index (κ1) is 16.4. The number of hydrogen-bond acceptors (Lipinski definition) is 4. The number of hydrogen-bond donors (Lipinski definition) is 3. The highest BCUT2D eigenvalue weighted by Gasteiger charge is 2.24. The third kappa shape index (κ3) is 6.89. The van der Waals surface area contributed by atoms with Gasteiger partial charge < -0.3 is 20.9 Å². The molecule has 19 heavy (non-hydrogen) atoms. The maximum absolute atomic E-state index is 11.3. The van der Waals surface area contributed by atoms with Crippen molar-refractivity contribution in [3.63, 3.8) is 0 Å². The van der Waals surface area contributed by atoms with E-state index in [9.17, 15) is 4.79 Å². The summed E-state index contributed by atoms with van der Waals surface area (Å²) in [7, 11) is 0. The fourth-order valence-electron chi connectivity index (χ4n) is 2.72. The summed E-state index contributed by atoms with van der Waals surface area (Å²) in [6.07, 6.45) is 7.05. The molecule has 1 amide bonds. The molecular formula is C14H28N2O3. The van der Waals surface area contributed by atoms with Crippen molar-refractivity contribution in [3.05, 3.63) is 0 Å². The minimum Gasteiger partial charge on any atom is -0.395 e. The zero-order valence-corrected chi connectivity index (χ0v) is 11.9. The van der Waals surface area contributed by atoms with Crippen LogP contribution in [0.2, 0.25) is 0 Å². The highest BCUT2D eigenvalue weighted by molar-refractivity contribution is 5.73. The van der Waals surface area contributed by atoms with Crippen LogP contribution in [0, 0.1) is 5.92 Å². The summed E-state index contributed by atoms with van der Waals surface area (Å²) < 4.78 is 5.45. The van der Waals surface area contributed by atoms with Crippen LogP contribution in [-0.2, 0) is 9.53 Å². The van der Waals surface area contributed by atoms with Crippen molar-refractivity contribution in [1.82, 2.24) is 5.32 Å². The summed E-state index contributed by atoms with van der Waals surface area (Å²) in [6, 6.07) is -0.1000. The molecule has 1 aliphatic carbocycles. The minimum absolute atomic E-state index is 0.0302. The molecule has 0 bridgehead atoms. The molecule has 4 N–H and O–H groups in total. The molecule has 0 spiro atoms. The Morgan fingerprint density at radius 3 is 2.68 bits per heavy atom. The molecule has 0 heterocycles. The fourth-order valence-corrected chi connectivity index (χ4v) is 2.72. The zero-order chi connectivity index (χ0) is 14.1. The summed E-state index contributed by atoms with van der Waals surface area (Å²) in [4.78, 5) is 11.3. The molecule has 0 radical (unpaired) electrons. The highest BCUT2D eigenvalue weighted by Crippen LogP contribution is 2.27. The van der Waals surface area contributed by atoms with Crippen LogP contribution in [0.15, 0.2) is 0 Å². The van der Waals surface area contributed by atoms with E-state index in [1.54, 1.807) is 6.92 Å². The third-order valence-electron chi connectivity index (χ3n) is 3.75. The van der Waals surface area contributed by atoms with E-state index in [0.717, 1.165) is 6.42 Å². The topological polar surface area (TPSA) is 84.6 Å². The maximum atomic E-state index is 11.3. The molecule has 1 aliphatic rings. The molecule has 5 heteroatoms. The lowest BCUT2D eigenvalue weighted by Gasteiger charge is -2.30. The number of carbonyl (C=O) groups is 1. The second kappa shape index (κ2) is 9.28. The van der Waals surface area contributed by atoms with Crippen LogP contribution in [0.25, 0.3) is 0 Å². The molecule has 112 valence electrons. The smallest absolute Gasteiger partial charge is 0.217 e. The van der Waals surface area contributed by atoms with Gasteiger partial charge in [0.1, 0.15) is 0 Å². The van der Waals surface area contributed by atoms with Crippen LogP contribution < -0.4 is 11.1 Å². The second-order valence-electron chi connectivity index (χ2n) is 5.51. The molecule has 0 aromatic heterocycles. The van der Waals surface area contributed by atoms with Crippen molar-refractivity contribution in [1.29, 1.82) is 0 Å². The van der Waals surface area contributed by atoms with Gasteiger partial charge in [0, 0.05) is 19.6 Å². The Bertz CT molecular complexity index is 255. The van der Waals surface area contributed by atoms with E-state index in [1.807, 2.05) is 0 Å². The van der Waals surface area contributed by atoms with Gasteiger partial charge in [-0.25, -0.2) is 0 Å². The quantitative estimate of drug-likeness (QED) is 0.571. The van der Waals surface area contributed by atoms with Gasteiger partial charge in [0.2, 0.25) is 5.91 Å². The fraction of sp³-hybridized carbons (Fsp3) is 0.929. The number of rotatable bonds is 8. The number of ether oxygens (including phenoxy) is 1. The molecule has 0 aromatic carbocycles. The summed E-state index contributed by atoms with van der Waals surface area (Å²) in [5, 5.41) is 11.9. The van der Waals surface area contributed by atoms with Gasteiger partial charge in [-0.3, -0.25) is 4.79 Å². The van der Waals surface area contributed by atoms with Crippen LogP contribution in [0.3, 0.4) is 0 Å². The molecule has 0 aliphatic heterocycles. The van der Waals surface area contributed by atoms with Crippen LogP contribution in [0.5, 0.6) is 0 Å². The van der Waals surface area contributed by atoms with Crippen LogP contribution >= 0.6 is 0 Å². The van der Waals surface area contributed by atoms with Gasteiger partial charge >= 0.3 is 0 Å². The van der Waals surface area contributed by atoms with Gasteiger partial charge in [-0.05, 0) is 25.2 Å². The number of aliphatic hydroxyl groups excluding tert-OH is 1. The van der Waals surface area contributed by atoms with Crippen molar-refractivity contribution in [3.8, 4) is 0 Å². The predicted molar refractivity (Wildman–Crippen MR) is 74.7 cm³/mol. The van der Waals surface area contributed by atoms with Crippen LogP contribution in [0.1, 0.15) is 45.4 Å². The van der Waals surface area contributed by atoms with Gasteiger partial charge in [0.25, 0.3) is 0 Å². The minimum atomic E-state index is -0.311. The van der Waals surface area contributed by atoms with Gasteiger partial charge in [-0.2, -0.15) is 0 Å². The van der Waals surface area contributed by atoms with Gasteiger partial charge in [0.15, 0.2) is 0 Å². The molecule has 0 aromatic rings. The van der Waals surface area contributed by atoms with E-state index in [-0.39, 0.29) is 24.6 Å². The van der Waals surface area contributed by atoms with Crippen molar-refractivity contribution in [2.75, 3.05) is 19.8 Å². The average molecular weight is 272 g/mol. The summed E-state index contributed by atoms with van der Waals surface area (Å²) >= 11 is 0. The van der Waals surface area contributed by atoms with Crippen LogP contribution in [0.4, 0.5) is 0 Å². The number of carbonyl (C=O) groups excluding carboxylic acids is 1. The SMILES string of the molecule is CC(=O)N[C@H](CCOC[C@@H](N)CO)C1CCCCC1. The van der Waals surface area contributed by atoms with Gasteiger partial charge in [0.05, 0.1) is 19.3 Å². The molecule has 1 saturated carbocycles. The average Bonchev–Trinajstić information content (AvgIpc) is 2.42. The molecule has 1 rings (SSSR count). The highest BCUT2D eigenvalue weighted by atomic mass is 16.5. The van der Waals surface area contributed by atoms with E-state index in [0.29, 0.717) is 19.1 Å². The van der Waals surface area contributed by atoms with Crippen molar-refractivity contribution in [2.24, 2.45) is 11.7 Å². The first-order valence-electron chi connectivity index (χ1n) is 7.34. The Morgan fingerprint density at radius 1 is 1.42 bits per heavy atom. The number of amides is 1. The lowest BCUT2D eigenvalue weighted by Crippen LogP contribution is -2.41. The molecule has 0 unspecified atom stereocenters. The first-order valence-corrected chi connectivity index (χ1v) is 7.34. The van der Waals surface area contributed by atoms with Crippen molar-refractivity contribution in [2.45, 2.75) is 57.5 Å². The standard InChI is InChI=1S/C14H28N2O3/c1-11(18)16-14(12-5-3-2-4-6-12)7-8-19-10-13(15)9-17/h12-14,17H,2-10,15H2,1H3,(H,16,18)/t13-,14+/m0/s1. The summed E-state index contributed by atoms with van der Waals surface area (Å²) in [5.74, 6) is 0.607. The lowest BCUT2D eigenvalue weighted by molar-refractivity contribution is -0.120. The first-order chi connectivity index (χ1) is 9.13. The normalized spacial score (nSPS) is 19.9. The van der Waals surface area contributed by atoms with Gasteiger partial charge in [-0.15, -0.1) is 0 Å². The Kier molecular flexibility index (Phi) is 8.02. The van der Waals surface area contributed by atoms with Crippen molar-refractivity contribution < 1.29 is 14.6 Å². The Hall–Kier alpha value is -0.650. The Morgan fingerprint density at radius 2 is 2.11 bits per heavy atom. The van der Waals surface area contributed by atoms with Crippen molar-refractivity contribution >= 4 is 5.91 Å². The van der Waals surface area contributed by atoms with Gasteiger partial charge in [-0.1, -0.05) is 19.3 Å². The van der Waals surface area contributed by atoms with E-state index >= 15 is 0 Å².